The minimum Gasteiger partial charge on any atom is -0.493 e. The summed E-state index contributed by atoms with van der Waals surface area (Å²) in [4.78, 5) is 0.219. The standard InChI is InChI=1S/C13H21BrN2O3S.ClH/c1-4-15-10(3)9-16-20(17,18)11-6-7-13(19-5-2)12(14)8-11;/h6-8,10,15-16H,4-5,9H2,1-3H3;1H/t10-;/m1./s1. The fraction of sp³-hybridized carbons (Fsp3) is 0.538. The molecule has 1 aromatic rings. The van der Waals surface area contributed by atoms with Crippen LogP contribution in [0.15, 0.2) is 27.6 Å². The predicted molar refractivity (Wildman–Crippen MR) is 90.9 cm³/mol. The van der Waals surface area contributed by atoms with E-state index in [1.165, 1.54) is 6.07 Å². The number of likely N-dealkylation sites (N-methyl/N-ethyl adjacent to an activating group) is 1. The summed E-state index contributed by atoms with van der Waals surface area (Å²) in [6, 6.07) is 4.82. The van der Waals surface area contributed by atoms with E-state index in [1.54, 1.807) is 12.1 Å². The van der Waals surface area contributed by atoms with Gasteiger partial charge in [-0.1, -0.05) is 6.92 Å². The van der Waals surface area contributed by atoms with Crippen LogP contribution < -0.4 is 14.8 Å². The molecule has 0 saturated carbocycles. The zero-order valence-corrected chi connectivity index (χ0v) is 15.6. The first-order valence-electron chi connectivity index (χ1n) is 6.56. The Morgan fingerprint density at radius 1 is 1.33 bits per heavy atom. The van der Waals surface area contributed by atoms with Crippen molar-refractivity contribution in [1.82, 2.24) is 10.0 Å². The lowest BCUT2D eigenvalue weighted by atomic mass is 10.3. The Morgan fingerprint density at radius 3 is 2.52 bits per heavy atom. The van der Waals surface area contributed by atoms with Crippen molar-refractivity contribution in [2.45, 2.75) is 31.7 Å². The van der Waals surface area contributed by atoms with Gasteiger partial charge in [0.05, 0.1) is 16.0 Å². The Kier molecular flexibility index (Phi) is 9.48. The van der Waals surface area contributed by atoms with Crippen LogP contribution in [0.5, 0.6) is 5.75 Å². The number of ether oxygens (including phenoxy) is 1. The highest BCUT2D eigenvalue weighted by Crippen LogP contribution is 2.27. The molecule has 0 aliphatic heterocycles. The number of hydrogen-bond donors (Lipinski definition) is 2. The maximum atomic E-state index is 12.2. The molecule has 0 aromatic heterocycles. The average molecular weight is 402 g/mol. The number of halogens is 2. The fourth-order valence-electron chi connectivity index (χ4n) is 1.66. The fourth-order valence-corrected chi connectivity index (χ4v) is 3.46. The summed E-state index contributed by atoms with van der Waals surface area (Å²) < 4.78 is 32.9. The molecule has 0 bridgehead atoms. The number of sulfonamides is 1. The Balaban J connectivity index is 0.00000400. The molecule has 5 nitrogen and oxygen atoms in total. The maximum absolute atomic E-state index is 12.2. The van der Waals surface area contributed by atoms with Crippen LogP contribution in [0.2, 0.25) is 0 Å². The SMILES string of the molecule is CCN[C@H](C)CNS(=O)(=O)c1ccc(OCC)c(Br)c1.Cl. The van der Waals surface area contributed by atoms with Crippen LogP contribution in [-0.2, 0) is 10.0 Å². The quantitative estimate of drug-likeness (QED) is 0.702. The molecule has 8 heteroatoms. The Bertz CT molecular complexity index is 540. The summed E-state index contributed by atoms with van der Waals surface area (Å²) in [7, 11) is -3.50. The minimum absolute atomic E-state index is 0. The van der Waals surface area contributed by atoms with Crippen molar-refractivity contribution >= 4 is 38.4 Å². The monoisotopic (exact) mass is 400 g/mol. The average Bonchev–Trinajstić information content (AvgIpc) is 2.39. The van der Waals surface area contributed by atoms with E-state index in [1.807, 2.05) is 20.8 Å². The molecule has 2 N–H and O–H groups in total. The molecular formula is C13H22BrClN2O3S. The van der Waals surface area contributed by atoms with Crippen molar-refractivity contribution in [3.63, 3.8) is 0 Å². The van der Waals surface area contributed by atoms with Crippen molar-refractivity contribution in [2.24, 2.45) is 0 Å². The van der Waals surface area contributed by atoms with E-state index in [0.29, 0.717) is 23.4 Å². The van der Waals surface area contributed by atoms with Gasteiger partial charge in [0.1, 0.15) is 5.75 Å². The Hall–Kier alpha value is -0.340. The molecule has 0 fully saturated rings. The smallest absolute Gasteiger partial charge is 0.240 e. The van der Waals surface area contributed by atoms with Crippen LogP contribution in [0.3, 0.4) is 0 Å². The van der Waals surface area contributed by atoms with Crippen molar-refractivity contribution in [1.29, 1.82) is 0 Å². The van der Waals surface area contributed by atoms with Crippen LogP contribution in [0.4, 0.5) is 0 Å². The third kappa shape index (κ3) is 6.52. The van der Waals surface area contributed by atoms with E-state index in [4.69, 9.17) is 4.74 Å². The third-order valence-electron chi connectivity index (χ3n) is 2.65. The summed E-state index contributed by atoms with van der Waals surface area (Å²) in [6.07, 6.45) is 0. The Morgan fingerprint density at radius 2 is 2.00 bits per heavy atom. The van der Waals surface area contributed by atoms with Crippen molar-refractivity contribution in [2.75, 3.05) is 19.7 Å². The van der Waals surface area contributed by atoms with E-state index in [9.17, 15) is 8.42 Å². The molecule has 0 radical (unpaired) electrons. The molecule has 0 unspecified atom stereocenters. The lowest BCUT2D eigenvalue weighted by Crippen LogP contribution is -2.38. The largest absolute Gasteiger partial charge is 0.493 e. The first kappa shape index (κ1) is 20.7. The van der Waals surface area contributed by atoms with E-state index < -0.39 is 10.0 Å². The van der Waals surface area contributed by atoms with Gasteiger partial charge in [0.25, 0.3) is 0 Å². The normalized spacial score (nSPS) is 12.6. The van der Waals surface area contributed by atoms with Gasteiger partial charge < -0.3 is 10.1 Å². The van der Waals surface area contributed by atoms with Gasteiger partial charge in [-0.05, 0) is 54.5 Å². The number of benzene rings is 1. The zero-order chi connectivity index (χ0) is 15.2. The first-order valence-corrected chi connectivity index (χ1v) is 8.83. The van der Waals surface area contributed by atoms with E-state index in [2.05, 4.69) is 26.0 Å². The number of hydrogen-bond acceptors (Lipinski definition) is 4. The van der Waals surface area contributed by atoms with E-state index in [-0.39, 0.29) is 23.3 Å². The molecule has 0 amide bonds. The second-order valence-corrected chi connectivity index (χ2v) is 6.96. The van der Waals surface area contributed by atoms with Crippen LogP contribution >= 0.6 is 28.3 Å². The highest BCUT2D eigenvalue weighted by molar-refractivity contribution is 9.10. The molecule has 1 aromatic carbocycles. The summed E-state index contributed by atoms with van der Waals surface area (Å²) >= 11 is 3.32. The van der Waals surface area contributed by atoms with E-state index in [0.717, 1.165) is 6.54 Å². The van der Waals surface area contributed by atoms with Gasteiger partial charge in [-0.25, -0.2) is 13.1 Å². The lowest BCUT2D eigenvalue weighted by Gasteiger charge is -2.14. The molecule has 0 aliphatic rings. The van der Waals surface area contributed by atoms with Gasteiger partial charge in [0.2, 0.25) is 10.0 Å². The van der Waals surface area contributed by atoms with Gasteiger partial charge in [0.15, 0.2) is 0 Å². The maximum Gasteiger partial charge on any atom is 0.240 e. The van der Waals surface area contributed by atoms with Crippen molar-refractivity contribution in [3.05, 3.63) is 22.7 Å². The van der Waals surface area contributed by atoms with Crippen molar-refractivity contribution < 1.29 is 13.2 Å². The summed E-state index contributed by atoms with van der Waals surface area (Å²) in [5, 5.41) is 3.15. The van der Waals surface area contributed by atoms with Crippen LogP contribution in [0.25, 0.3) is 0 Å². The number of rotatable bonds is 8. The number of nitrogens with one attached hydrogen (secondary N) is 2. The highest BCUT2D eigenvalue weighted by atomic mass is 79.9. The second kappa shape index (κ2) is 9.63. The third-order valence-corrected chi connectivity index (χ3v) is 4.69. The molecule has 1 rings (SSSR count). The van der Waals surface area contributed by atoms with Crippen LogP contribution in [0.1, 0.15) is 20.8 Å². The van der Waals surface area contributed by atoms with E-state index >= 15 is 0 Å². The van der Waals surface area contributed by atoms with Gasteiger partial charge in [-0.3, -0.25) is 0 Å². The summed E-state index contributed by atoms with van der Waals surface area (Å²) in [5.41, 5.74) is 0. The molecule has 0 aliphatic carbocycles. The summed E-state index contributed by atoms with van der Waals surface area (Å²) in [6.45, 7) is 7.47. The highest BCUT2D eigenvalue weighted by Gasteiger charge is 2.16. The summed E-state index contributed by atoms with van der Waals surface area (Å²) in [5.74, 6) is 0.632. The first-order chi connectivity index (χ1) is 9.40. The molecule has 21 heavy (non-hydrogen) atoms. The molecule has 1 atom stereocenters. The zero-order valence-electron chi connectivity index (χ0n) is 12.3. The lowest BCUT2D eigenvalue weighted by molar-refractivity contribution is 0.338. The molecule has 0 spiro atoms. The van der Waals surface area contributed by atoms with Crippen LogP contribution in [0, 0.1) is 0 Å². The molecular weight excluding hydrogens is 380 g/mol. The molecule has 122 valence electrons. The topological polar surface area (TPSA) is 67.4 Å². The van der Waals surface area contributed by atoms with Crippen LogP contribution in [-0.4, -0.2) is 34.2 Å². The van der Waals surface area contributed by atoms with Gasteiger partial charge in [-0.2, -0.15) is 0 Å². The molecule has 0 heterocycles. The molecule has 0 saturated heterocycles. The van der Waals surface area contributed by atoms with Gasteiger partial charge in [0, 0.05) is 12.6 Å². The van der Waals surface area contributed by atoms with Gasteiger partial charge in [-0.15, -0.1) is 12.4 Å². The minimum atomic E-state index is -3.50. The predicted octanol–water partition coefficient (Wildman–Crippen LogP) is 2.55. The Labute approximate surface area is 141 Å². The van der Waals surface area contributed by atoms with Crippen molar-refractivity contribution in [3.8, 4) is 5.75 Å². The second-order valence-electron chi connectivity index (χ2n) is 4.34. The van der Waals surface area contributed by atoms with Gasteiger partial charge >= 0.3 is 0 Å².